The number of nitrogens with two attached hydrogens (primary N) is 1. The zero-order valence-electron chi connectivity index (χ0n) is 9.69. The molecule has 0 aliphatic heterocycles. The van der Waals surface area contributed by atoms with Crippen LogP contribution in [0.1, 0.15) is 26.2 Å². The minimum Gasteiger partial charge on any atom is -0.478 e. The molecule has 0 fully saturated rings. The number of rotatable bonds is 7. The van der Waals surface area contributed by atoms with Crippen LogP contribution in [0, 0.1) is 0 Å². The summed E-state index contributed by atoms with van der Waals surface area (Å²) in [6.07, 6.45) is 5.30. The Kier molecular flexibility index (Phi) is 5.95. The first kappa shape index (κ1) is 13.1. The largest absolute Gasteiger partial charge is 0.478 e. The van der Waals surface area contributed by atoms with Gasteiger partial charge in [0, 0.05) is 6.07 Å². The second-order valence-electron chi connectivity index (χ2n) is 3.28. The lowest BCUT2D eigenvalue weighted by molar-refractivity contribution is 0.292. The summed E-state index contributed by atoms with van der Waals surface area (Å²) in [6, 6.07) is 1.70. The molecule has 1 aromatic heterocycles. The van der Waals surface area contributed by atoms with E-state index in [0.29, 0.717) is 23.5 Å². The third-order valence-electron chi connectivity index (χ3n) is 2.01. The van der Waals surface area contributed by atoms with Crippen molar-refractivity contribution in [2.24, 2.45) is 5.84 Å². The first-order valence-corrected chi connectivity index (χ1v) is 6.55. The summed E-state index contributed by atoms with van der Waals surface area (Å²) in [5.41, 5.74) is 2.50. The molecule has 0 aliphatic rings. The summed E-state index contributed by atoms with van der Waals surface area (Å²) >= 11 is 1.46. The van der Waals surface area contributed by atoms with Gasteiger partial charge in [0.05, 0.1) is 6.61 Å². The molecule has 0 spiro atoms. The van der Waals surface area contributed by atoms with Crippen molar-refractivity contribution >= 4 is 17.6 Å². The van der Waals surface area contributed by atoms with Crippen LogP contribution in [0.4, 0.5) is 5.82 Å². The lowest BCUT2D eigenvalue weighted by atomic mass is 10.3. The third kappa shape index (κ3) is 4.24. The van der Waals surface area contributed by atoms with E-state index in [4.69, 9.17) is 10.6 Å². The van der Waals surface area contributed by atoms with E-state index >= 15 is 0 Å². The highest BCUT2D eigenvalue weighted by atomic mass is 32.2. The van der Waals surface area contributed by atoms with Crippen molar-refractivity contribution in [3.63, 3.8) is 0 Å². The molecule has 0 saturated carbocycles. The second kappa shape index (κ2) is 7.29. The Hall–Kier alpha value is -1.01. The summed E-state index contributed by atoms with van der Waals surface area (Å²) in [5.74, 6) is 6.46. The summed E-state index contributed by atoms with van der Waals surface area (Å²) in [5, 5.41) is 0.654. The van der Waals surface area contributed by atoms with Gasteiger partial charge in [-0.2, -0.15) is 4.98 Å². The highest BCUT2D eigenvalue weighted by Gasteiger charge is 2.03. The van der Waals surface area contributed by atoms with Crippen molar-refractivity contribution in [1.29, 1.82) is 0 Å². The SMILES string of the molecule is CCCCCOc1cc(NN)nc(SC)n1. The summed E-state index contributed by atoms with van der Waals surface area (Å²) in [4.78, 5) is 8.38. The molecule has 5 nitrogen and oxygen atoms in total. The first-order chi connectivity index (χ1) is 7.80. The number of hydrazine groups is 1. The zero-order valence-corrected chi connectivity index (χ0v) is 10.5. The monoisotopic (exact) mass is 242 g/mol. The van der Waals surface area contributed by atoms with Gasteiger partial charge < -0.3 is 10.2 Å². The van der Waals surface area contributed by atoms with Gasteiger partial charge in [-0.05, 0) is 12.7 Å². The molecule has 0 aliphatic carbocycles. The molecule has 90 valence electrons. The highest BCUT2D eigenvalue weighted by Crippen LogP contribution is 2.18. The Bertz CT molecular complexity index is 299. The topological polar surface area (TPSA) is 73.1 Å². The normalized spacial score (nSPS) is 10.2. The molecular weight excluding hydrogens is 224 g/mol. The van der Waals surface area contributed by atoms with Crippen LogP contribution in [0.25, 0.3) is 0 Å². The number of ether oxygens (including phenoxy) is 1. The lowest BCUT2D eigenvalue weighted by Gasteiger charge is -2.07. The number of unbranched alkanes of at least 4 members (excludes halogenated alkanes) is 2. The molecule has 0 atom stereocenters. The van der Waals surface area contributed by atoms with Crippen LogP contribution in [0.15, 0.2) is 11.2 Å². The Morgan fingerprint density at radius 2 is 2.25 bits per heavy atom. The number of nitrogens with one attached hydrogen (secondary N) is 1. The third-order valence-corrected chi connectivity index (χ3v) is 2.56. The van der Waals surface area contributed by atoms with Crippen molar-refractivity contribution in [2.75, 3.05) is 18.3 Å². The van der Waals surface area contributed by atoms with Gasteiger partial charge in [-0.1, -0.05) is 31.5 Å². The molecule has 0 saturated heterocycles. The van der Waals surface area contributed by atoms with Crippen molar-refractivity contribution in [2.45, 2.75) is 31.3 Å². The van der Waals surface area contributed by atoms with Crippen LogP contribution in [-0.4, -0.2) is 22.8 Å². The van der Waals surface area contributed by atoms with E-state index in [9.17, 15) is 0 Å². The fraction of sp³-hybridized carbons (Fsp3) is 0.600. The average molecular weight is 242 g/mol. The molecule has 1 heterocycles. The van der Waals surface area contributed by atoms with E-state index in [2.05, 4.69) is 22.3 Å². The average Bonchev–Trinajstić information content (AvgIpc) is 2.34. The number of nitrogen functional groups attached to an aromatic ring is 1. The Labute approximate surface area is 100 Å². The van der Waals surface area contributed by atoms with Crippen LogP contribution in [0.3, 0.4) is 0 Å². The molecule has 0 bridgehead atoms. The number of hydrogen-bond acceptors (Lipinski definition) is 6. The van der Waals surface area contributed by atoms with Crippen LogP contribution in [0.5, 0.6) is 5.88 Å². The van der Waals surface area contributed by atoms with Crippen LogP contribution in [-0.2, 0) is 0 Å². The van der Waals surface area contributed by atoms with E-state index < -0.39 is 0 Å². The van der Waals surface area contributed by atoms with E-state index in [0.717, 1.165) is 6.42 Å². The predicted molar refractivity (Wildman–Crippen MR) is 66.6 cm³/mol. The van der Waals surface area contributed by atoms with Gasteiger partial charge in [-0.15, -0.1) is 0 Å². The second-order valence-corrected chi connectivity index (χ2v) is 4.05. The minimum absolute atomic E-state index is 0.573. The van der Waals surface area contributed by atoms with Crippen molar-refractivity contribution in [1.82, 2.24) is 9.97 Å². The van der Waals surface area contributed by atoms with Crippen molar-refractivity contribution in [3.8, 4) is 5.88 Å². The lowest BCUT2D eigenvalue weighted by Crippen LogP contribution is -2.10. The van der Waals surface area contributed by atoms with Gasteiger partial charge >= 0.3 is 0 Å². The molecule has 1 rings (SSSR count). The van der Waals surface area contributed by atoms with Crippen LogP contribution >= 0.6 is 11.8 Å². The number of nitrogens with zero attached hydrogens (tertiary/aromatic N) is 2. The molecule has 0 aromatic carbocycles. The Balaban J connectivity index is 2.57. The Morgan fingerprint density at radius 1 is 1.44 bits per heavy atom. The maximum absolute atomic E-state index is 5.53. The van der Waals surface area contributed by atoms with E-state index in [1.807, 2.05) is 6.26 Å². The fourth-order valence-electron chi connectivity index (χ4n) is 1.17. The molecule has 16 heavy (non-hydrogen) atoms. The quantitative estimate of drug-likeness (QED) is 0.251. The van der Waals surface area contributed by atoms with Crippen molar-refractivity contribution in [3.05, 3.63) is 6.07 Å². The zero-order chi connectivity index (χ0) is 11.8. The van der Waals surface area contributed by atoms with E-state index in [-0.39, 0.29) is 0 Å². The van der Waals surface area contributed by atoms with E-state index in [1.54, 1.807) is 6.07 Å². The first-order valence-electron chi connectivity index (χ1n) is 5.32. The van der Waals surface area contributed by atoms with Gasteiger partial charge in [0.15, 0.2) is 5.16 Å². The molecular formula is C10H18N4OS. The van der Waals surface area contributed by atoms with Gasteiger partial charge in [-0.3, -0.25) is 0 Å². The molecule has 0 radical (unpaired) electrons. The van der Waals surface area contributed by atoms with Crippen LogP contribution in [0.2, 0.25) is 0 Å². The van der Waals surface area contributed by atoms with E-state index in [1.165, 1.54) is 24.6 Å². The van der Waals surface area contributed by atoms with Gasteiger partial charge in [0.25, 0.3) is 0 Å². The summed E-state index contributed by atoms with van der Waals surface area (Å²) in [6.45, 7) is 2.84. The van der Waals surface area contributed by atoms with Gasteiger partial charge in [-0.25, -0.2) is 10.8 Å². The molecule has 1 aromatic rings. The molecule has 0 amide bonds. The number of thioether (sulfide) groups is 1. The van der Waals surface area contributed by atoms with Crippen LogP contribution < -0.4 is 16.0 Å². The number of hydrogen-bond donors (Lipinski definition) is 2. The standard InChI is InChI=1S/C10H18N4OS/c1-3-4-5-6-15-9-7-8(14-11)12-10(13-9)16-2/h7H,3-6,11H2,1-2H3,(H,12,13,14). The van der Waals surface area contributed by atoms with Gasteiger partial charge in [0.1, 0.15) is 5.82 Å². The fourth-order valence-corrected chi connectivity index (χ4v) is 1.54. The highest BCUT2D eigenvalue weighted by molar-refractivity contribution is 7.98. The predicted octanol–water partition coefficient (Wildman–Crippen LogP) is 2.05. The smallest absolute Gasteiger partial charge is 0.219 e. The molecule has 3 N–H and O–H groups in total. The van der Waals surface area contributed by atoms with Gasteiger partial charge in [0.2, 0.25) is 5.88 Å². The Morgan fingerprint density at radius 3 is 2.88 bits per heavy atom. The minimum atomic E-state index is 0.573. The summed E-state index contributed by atoms with van der Waals surface area (Å²) in [7, 11) is 0. The number of anilines is 1. The van der Waals surface area contributed by atoms with Crippen molar-refractivity contribution < 1.29 is 4.74 Å². The number of aromatic nitrogens is 2. The maximum atomic E-state index is 5.53. The molecule has 0 unspecified atom stereocenters. The molecule has 6 heteroatoms. The summed E-state index contributed by atoms with van der Waals surface area (Å²) < 4.78 is 5.53. The maximum Gasteiger partial charge on any atom is 0.219 e.